The average Bonchev–Trinajstić information content (AvgIpc) is 2.36. The zero-order valence-corrected chi connectivity index (χ0v) is 5.19. The molecular formula is C8H5FN. The fraction of sp³-hybridized carbons (Fsp3) is 0. The summed E-state index contributed by atoms with van der Waals surface area (Å²) in [6, 6.07) is 6.66. The molecule has 10 heavy (non-hydrogen) atoms. The Morgan fingerprint density at radius 2 is 2.30 bits per heavy atom. The van der Waals surface area contributed by atoms with Gasteiger partial charge in [0.15, 0.2) is 0 Å². The first-order valence-corrected chi connectivity index (χ1v) is 3.01. The third kappa shape index (κ3) is 0.620. The van der Waals surface area contributed by atoms with Crippen molar-refractivity contribution in [2.45, 2.75) is 0 Å². The molecule has 1 nitrogen and oxygen atoms in total. The van der Waals surface area contributed by atoms with Crippen LogP contribution in [0.2, 0.25) is 0 Å². The number of hydrogen-bond donors (Lipinski definition) is 1. The van der Waals surface area contributed by atoms with Crippen molar-refractivity contribution in [3.63, 3.8) is 0 Å². The first kappa shape index (κ1) is 5.47. The maximum Gasteiger partial charge on any atom is 0.147 e. The van der Waals surface area contributed by atoms with E-state index in [4.69, 9.17) is 0 Å². The highest BCUT2D eigenvalue weighted by atomic mass is 19.1. The summed E-state index contributed by atoms with van der Waals surface area (Å²) in [6.07, 6.45) is 2.71. The molecule has 0 aliphatic heterocycles. The molecule has 2 rings (SSSR count). The van der Waals surface area contributed by atoms with Crippen LogP contribution in [-0.4, -0.2) is 4.98 Å². The second-order valence-electron chi connectivity index (χ2n) is 2.12. The molecular weight excluding hydrogens is 129 g/mol. The zero-order valence-electron chi connectivity index (χ0n) is 5.19. The molecule has 0 unspecified atom stereocenters. The van der Waals surface area contributed by atoms with Crippen molar-refractivity contribution in [3.8, 4) is 0 Å². The second-order valence-corrected chi connectivity index (χ2v) is 2.12. The van der Waals surface area contributed by atoms with Crippen molar-refractivity contribution in [1.82, 2.24) is 4.98 Å². The van der Waals surface area contributed by atoms with Gasteiger partial charge in [0, 0.05) is 5.39 Å². The summed E-state index contributed by atoms with van der Waals surface area (Å²) in [6.45, 7) is 0. The van der Waals surface area contributed by atoms with Gasteiger partial charge in [0.2, 0.25) is 0 Å². The summed E-state index contributed by atoms with van der Waals surface area (Å²) in [4.78, 5) is 2.69. The average molecular weight is 134 g/mol. The summed E-state index contributed by atoms with van der Waals surface area (Å²) in [5.74, 6) is -0.223. The Morgan fingerprint density at radius 1 is 1.40 bits per heavy atom. The minimum atomic E-state index is -0.223. The maximum atomic E-state index is 12.8. The zero-order chi connectivity index (χ0) is 6.97. The number of aromatic nitrogens is 1. The molecule has 1 N–H and O–H groups in total. The first-order valence-electron chi connectivity index (χ1n) is 3.01. The molecule has 0 atom stereocenters. The van der Waals surface area contributed by atoms with Crippen LogP contribution in [0.4, 0.5) is 4.39 Å². The largest absolute Gasteiger partial charge is 0.351 e. The minimum absolute atomic E-state index is 0.223. The predicted octanol–water partition coefficient (Wildman–Crippen LogP) is 2.11. The van der Waals surface area contributed by atoms with E-state index in [1.165, 1.54) is 6.07 Å². The van der Waals surface area contributed by atoms with E-state index in [-0.39, 0.29) is 5.82 Å². The van der Waals surface area contributed by atoms with Gasteiger partial charge in [0.1, 0.15) is 5.82 Å². The molecule has 49 valence electrons. The van der Waals surface area contributed by atoms with Gasteiger partial charge in [-0.3, -0.25) is 0 Å². The van der Waals surface area contributed by atoms with Crippen LogP contribution in [-0.2, 0) is 0 Å². The maximum absolute atomic E-state index is 12.8. The summed E-state index contributed by atoms with van der Waals surface area (Å²) in [5.41, 5.74) is 0.530. The molecule has 0 aliphatic rings. The van der Waals surface area contributed by atoms with Crippen LogP contribution in [0.5, 0.6) is 0 Å². The van der Waals surface area contributed by atoms with Crippen molar-refractivity contribution in [2.75, 3.05) is 0 Å². The SMILES string of the molecule is Fc1cccc2c[c][nH]c12. The van der Waals surface area contributed by atoms with Gasteiger partial charge in [-0.2, -0.15) is 0 Å². The van der Waals surface area contributed by atoms with E-state index >= 15 is 0 Å². The van der Waals surface area contributed by atoms with E-state index in [0.717, 1.165) is 5.39 Å². The van der Waals surface area contributed by atoms with Crippen molar-refractivity contribution in [2.24, 2.45) is 0 Å². The standard InChI is InChI=1S/C8H5FN/c9-7-3-1-2-6-4-5-10-8(6)7/h1-4,10H. The highest BCUT2D eigenvalue weighted by Gasteiger charge is 1.97. The van der Waals surface area contributed by atoms with Gasteiger partial charge in [0.25, 0.3) is 0 Å². The van der Waals surface area contributed by atoms with Gasteiger partial charge >= 0.3 is 0 Å². The molecule has 1 aromatic heterocycles. The van der Waals surface area contributed by atoms with Gasteiger partial charge in [-0.05, 0) is 12.1 Å². The van der Waals surface area contributed by atoms with Gasteiger partial charge in [0.05, 0.1) is 11.7 Å². The molecule has 1 radical (unpaired) electrons. The normalized spacial score (nSPS) is 10.5. The molecule has 1 aromatic carbocycles. The third-order valence-corrected chi connectivity index (χ3v) is 1.47. The Labute approximate surface area is 57.5 Å². The smallest absolute Gasteiger partial charge is 0.147 e. The van der Waals surface area contributed by atoms with Crippen LogP contribution >= 0.6 is 0 Å². The lowest BCUT2D eigenvalue weighted by Crippen LogP contribution is -1.74. The molecule has 0 spiro atoms. The molecule has 2 aromatic rings. The van der Waals surface area contributed by atoms with E-state index in [9.17, 15) is 4.39 Å². The van der Waals surface area contributed by atoms with Crippen molar-refractivity contribution in [1.29, 1.82) is 0 Å². The summed E-state index contributed by atoms with van der Waals surface area (Å²) in [5, 5.41) is 0.861. The molecule has 0 fully saturated rings. The summed E-state index contributed by atoms with van der Waals surface area (Å²) < 4.78 is 12.8. The Morgan fingerprint density at radius 3 is 3.10 bits per heavy atom. The number of benzene rings is 1. The minimum Gasteiger partial charge on any atom is -0.351 e. The van der Waals surface area contributed by atoms with Gasteiger partial charge in [-0.15, -0.1) is 0 Å². The Kier molecular flexibility index (Phi) is 1.01. The van der Waals surface area contributed by atoms with E-state index < -0.39 is 0 Å². The highest BCUT2D eigenvalue weighted by molar-refractivity contribution is 5.79. The third-order valence-electron chi connectivity index (χ3n) is 1.47. The number of halogens is 1. The number of aromatic amines is 1. The molecule has 0 amide bonds. The molecule has 0 aliphatic carbocycles. The second kappa shape index (κ2) is 1.84. The van der Waals surface area contributed by atoms with Crippen LogP contribution in [0.15, 0.2) is 24.3 Å². The van der Waals surface area contributed by atoms with E-state index in [1.54, 1.807) is 12.1 Å². The molecule has 2 heteroatoms. The quantitative estimate of drug-likeness (QED) is 0.568. The molecule has 0 saturated carbocycles. The molecule has 1 heterocycles. The van der Waals surface area contributed by atoms with E-state index in [0.29, 0.717) is 5.52 Å². The topological polar surface area (TPSA) is 15.8 Å². The van der Waals surface area contributed by atoms with Crippen molar-refractivity contribution >= 4 is 10.9 Å². The lowest BCUT2D eigenvalue weighted by Gasteiger charge is -1.88. The van der Waals surface area contributed by atoms with E-state index in [2.05, 4.69) is 11.2 Å². The van der Waals surface area contributed by atoms with E-state index in [1.807, 2.05) is 6.07 Å². The number of H-pyrrole nitrogens is 1. The Balaban J connectivity index is 2.95. The van der Waals surface area contributed by atoms with Crippen molar-refractivity contribution < 1.29 is 4.39 Å². The fourth-order valence-electron chi connectivity index (χ4n) is 0.979. The molecule has 0 saturated heterocycles. The lowest BCUT2D eigenvalue weighted by molar-refractivity contribution is 0.637. The Bertz CT molecular complexity index is 351. The van der Waals surface area contributed by atoms with Gasteiger partial charge in [-0.25, -0.2) is 4.39 Å². The van der Waals surface area contributed by atoms with Gasteiger partial charge in [-0.1, -0.05) is 12.1 Å². The predicted molar refractivity (Wildman–Crippen MR) is 37.1 cm³/mol. The van der Waals surface area contributed by atoms with Crippen molar-refractivity contribution in [3.05, 3.63) is 36.3 Å². The van der Waals surface area contributed by atoms with Crippen LogP contribution in [0.25, 0.3) is 10.9 Å². The van der Waals surface area contributed by atoms with Crippen LogP contribution in [0.1, 0.15) is 0 Å². The van der Waals surface area contributed by atoms with Crippen LogP contribution < -0.4 is 0 Å². The fourth-order valence-corrected chi connectivity index (χ4v) is 0.979. The number of para-hydroxylation sites is 1. The Hall–Kier alpha value is -1.31. The number of rotatable bonds is 0. The number of hydrogen-bond acceptors (Lipinski definition) is 0. The number of fused-ring (bicyclic) bond motifs is 1. The number of nitrogens with one attached hydrogen (secondary N) is 1. The summed E-state index contributed by atoms with van der Waals surface area (Å²) >= 11 is 0. The highest BCUT2D eigenvalue weighted by Crippen LogP contribution is 2.13. The first-order chi connectivity index (χ1) is 4.88. The monoisotopic (exact) mass is 134 g/mol. The van der Waals surface area contributed by atoms with Crippen LogP contribution in [0, 0.1) is 12.0 Å². The van der Waals surface area contributed by atoms with Gasteiger partial charge < -0.3 is 4.98 Å². The lowest BCUT2D eigenvalue weighted by atomic mass is 10.2. The summed E-state index contributed by atoms with van der Waals surface area (Å²) in [7, 11) is 0. The molecule has 0 bridgehead atoms. The van der Waals surface area contributed by atoms with Crippen LogP contribution in [0.3, 0.4) is 0 Å².